The minimum atomic E-state index is -1.70. The molecule has 1 rings (SSSR count). The molecule has 0 spiro atoms. The van der Waals surface area contributed by atoms with Crippen LogP contribution in [-0.4, -0.2) is 141 Å². The van der Waals surface area contributed by atoms with Crippen LogP contribution in [0, 0.1) is 0 Å². The van der Waals surface area contributed by atoms with E-state index in [0.29, 0.717) is 19.4 Å². The van der Waals surface area contributed by atoms with Crippen molar-refractivity contribution in [2.24, 2.45) is 5.73 Å². The van der Waals surface area contributed by atoms with Crippen LogP contribution in [0.2, 0.25) is 0 Å². The number of aliphatic hydroxyl groups is 3. The van der Waals surface area contributed by atoms with Gasteiger partial charge < -0.3 is 67.3 Å². The van der Waals surface area contributed by atoms with Crippen molar-refractivity contribution in [2.75, 3.05) is 13.2 Å². The largest absolute Gasteiger partial charge is 0.480 e. The Morgan fingerprint density at radius 3 is 1.98 bits per heavy atom. The van der Waals surface area contributed by atoms with Crippen molar-refractivity contribution in [3.05, 3.63) is 0 Å². The molecule has 1 saturated heterocycles. The lowest BCUT2D eigenvalue weighted by atomic mass is 9.96. The Morgan fingerprint density at radius 2 is 1.44 bits per heavy atom. The molecule has 0 saturated carbocycles. The second-order valence-corrected chi connectivity index (χ2v) is 11.3. The van der Waals surface area contributed by atoms with Crippen LogP contribution in [0.4, 0.5) is 0 Å². The maximum Gasteiger partial charge on any atom is 0.326 e. The number of carbonyl (C=O) groups is 7. The monoisotopic (exact) mass is 692 g/mol. The number of ether oxygens (including phenoxy) is 2. The average molecular weight is 693 g/mol. The van der Waals surface area contributed by atoms with Gasteiger partial charge in [-0.25, -0.2) is 4.79 Å². The summed E-state index contributed by atoms with van der Waals surface area (Å²) in [7, 11) is 0. The average Bonchev–Trinajstić information content (AvgIpc) is 3.01. The molecule has 0 aliphatic carbocycles. The summed E-state index contributed by atoms with van der Waals surface area (Å²) in [5.41, 5.74) is 5.47. The third kappa shape index (κ3) is 13.6. The molecule has 274 valence electrons. The van der Waals surface area contributed by atoms with E-state index in [1.54, 1.807) is 0 Å². The number of amides is 5. The lowest BCUT2D eigenvalue weighted by Gasteiger charge is -2.43. The molecule has 20 nitrogen and oxygen atoms in total. The lowest BCUT2D eigenvalue weighted by Crippen LogP contribution is -2.65. The Balaban J connectivity index is 2.81. The quantitative estimate of drug-likeness (QED) is 0.0535. The van der Waals surface area contributed by atoms with Crippen molar-refractivity contribution in [1.82, 2.24) is 26.6 Å². The molecular weight excluding hydrogens is 644 g/mol. The van der Waals surface area contributed by atoms with Crippen LogP contribution < -0.4 is 32.3 Å². The lowest BCUT2D eigenvalue weighted by molar-refractivity contribution is -0.266. The third-order valence-corrected chi connectivity index (χ3v) is 7.33. The van der Waals surface area contributed by atoms with Gasteiger partial charge in [0.25, 0.3) is 0 Å². The highest BCUT2D eigenvalue weighted by molar-refractivity contribution is 5.92. The minimum Gasteiger partial charge on any atom is -0.480 e. The van der Waals surface area contributed by atoms with Crippen LogP contribution in [0.25, 0.3) is 0 Å². The van der Waals surface area contributed by atoms with Crippen molar-refractivity contribution in [2.45, 2.75) is 121 Å². The van der Waals surface area contributed by atoms with Gasteiger partial charge in [-0.2, -0.15) is 0 Å². The summed E-state index contributed by atoms with van der Waals surface area (Å²) in [6.45, 7) is 4.47. The summed E-state index contributed by atoms with van der Waals surface area (Å²) in [5.74, 6) is -6.71. The van der Waals surface area contributed by atoms with E-state index in [-0.39, 0.29) is 6.42 Å². The van der Waals surface area contributed by atoms with E-state index in [1.807, 2.05) is 0 Å². The van der Waals surface area contributed by atoms with E-state index in [1.165, 1.54) is 20.8 Å². The Kier molecular flexibility index (Phi) is 17.9. The molecule has 1 fully saturated rings. The number of hydrogen-bond acceptors (Lipinski definition) is 13. The molecule has 1 aliphatic heterocycles. The van der Waals surface area contributed by atoms with Gasteiger partial charge in [-0.3, -0.25) is 28.8 Å². The fraction of sp³-hybridized carbons (Fsp3) is 0.750. The first-order valence-corrected chi connectivity index (χ1v) is 15.3. The van der Waals surface area contributed by atoms with Crippen LogP contribution in [0.1, 0.15) is 59.8 Å². The maximum atomic E-state index is 12.8. The van der Waals surface area contributed by atoms with E-state index in [0.717, 1.165) is 6.92 Å². The number of carbonyl (C=O) groups excluding carboxylic acids is 5. The molecule has 12 N–H and O–H groups in total. The second-order valence-electron chi connectivity index (χ2n) is 11.3. The smallest absolute Gasteiger partial charge is 0.326 e. The molecule has 0 aromatic heterocycles. The van der Waals surface area contributed by atoms with Gasteiger partial charge in [-0.05, 0) is 53.0 Å². The van der Waals surface area contributed by atoms with Crippen molar-refractivity contribution >= 4 is 41.5 Å². The number of carboxylic acids is 2. The topological polar surface area (TPSA) is 325 Å². The van der Waals surface area contributed by atoms with Crippen molar-refractivity contribution in [3.63, 3.8) is 0 Å². The van der Waals surface area contributed by atoms with Gasteiger partial charge in [-0.1, -0.05) is 0 Å². The van der Waals surface area contributed by atoms with Crippen molar-refractivity contribution in [1.29, 1.82) is 0 Å². The molecule has 5 amide bonds. The summed E-state index contributed by atoms with van der Waals surface area (Å²) in [4.78, 5) is 85.3. The molecule has 1 unspecified atom stereocenters. The molecule has 0 aromatic carbocycles. The number of aliphatic hydroxyl groups excluding tert-OH is 3. The number of rotatable bonds is 20. The van der Waals surface area contributed by atoms with Gasteiger partial charge in [0.05, 0.1) is 6.61 Å². The van der Waals surface area contributed by atoms with E-state index in [4.69, 9.17) is 20.3 Å². The zero-order valence-electron chi connectivity index (χ0n) is 27.2. The number of nitrogens with one attached hydrogen (secondary N) is 5. The van der Waals surface area contributed by atoms with Crippen LogP contribution >= 0.6 is 0 Å². The van der Waals surface area contributed by atoms with E-state index in [9.17, 15) is 54.0 Å². The highest BCUT2D eigenvalue weighted by Gasteiger charge is 2.47. The minimum absolute atomic E-state index is 0.142. The van der Waals surface area contributed by atoms with Gasteiger partial charge in [0.2, 0.25) is 29.5 Å². The van der Waals surface area contributed by atoms with E-state index in [2.05, 4.69) is 26.6 Å². The highest BCUT2D eigenvalue weighted by atomic mass is 16.6. The molecule has 10 atom stereocenters. The molecule has 48 heavy (non-hydrogen) atoms. The molecule has 1 aliphatic rings. The predicted molar refractivity (Wildman–Crippen MR) is 162 cm³/mol. The summed E-state index contributed by atoms with van der Waals surface area (Å²) in [6.07, 6.45) is -7.14. The summed E-state index contributed by atoms with van der Waals surface area (Å²) in [6, 6.07) is -6.57. The molecule has 20 heteroatoms. The van der Waals surface area contributed by atoms with Crippen molar-refractivity contribution in [3.8, 4) is 0 Å². The Labute approximate surface area is 276 Å². The highest BCUT2D eigenvalue weighted by Crippen LogP contribution is 2.23. The normalized spacial score (nSPS) is 23.7. The Morgan fingerprint density at radius 1 is 0.812 bits per heavy atom. The van der Waals surface area contributed by atoms with Crippen LogP contribution in [0.15, 0.2) is 0 Å². The second kappa shape index (κ2) is 20.4. The number of aliphatic carboxylic acids is 2. The summed E-state index contributed by atoms with van der Waals surface area (Å²) >= 11 is 0. The van der Waals surface area contributed by atoms with E-state index >= 15 is 0 Å². The van der Waals surface area contributed by atoms with Gasteiger partial charge in [-0.15, -0.1) is 0 Å². The fourth-order valence-electron chi connectivity index (χ4n) is 4.56. The summed E-state index contributed by atoms with van der Waals surface area (Å²) < 4.78 is 10.7. The van der Waals surface area contributed by atoms with Gasteiger partial charge in [0.1, 0.15) is 54.6 Å². The number of carboxylic acid groups (broad SMARTS) is 2. The Bertz CT molecular complexity index is 1140. The van der Waals surface area contributed by atoms with Crippen LogP contribution in [-0.2, 0) is 43.0 Å². The number of nitrogens with two attached hydrogens (primary N) is 1. The first kappa shape index (κ1) is 42.1. The van der Waals surface area contributed by atoms with Gasteiger partial charge in [0.15, 0.2) is 6.29 Å². The molecule has 0 radical (unpaired) electrons. The molecular formula is C28H48N6O14. The Hall–Kier alpha value is -3.95. The maximum absolute atomic E-state index is 12.8. The first-order valence-electron chi connectivity index (χ1n) is 15.3. The molecule has 1 heterocycles. The van der Waals surface area contributed by atoms with Gasteiger partial charge in [0, 0.05) is 13.3 Å². The predicted octanol–water partition coefficient (Wildman–Crippen LogP) is -4.61. The zero-order chi connectivity index (χ0) is 36.7. The van der Waals surface area contributed by atoms with Crippen LogP contribution in [0.5, 0.6) is 0 Å². The summed E-state index contributed by atoms with van der Waals surface area (Å²) in [5, 5.41) is 60.5. The van der Waals surface area contributed by atoms with E-state index < -0.39 is 122 Å². The van der Waals surface area contributed by atoms with Crippen LogP contribution in [0.3, 0.4) is 0 Å². The molecule has 0 aromatic rings. The van der Waals surface area contributed by atoms with Crippen molar-refractivity contribution < 1.29 is 68.6 Å². The first-order chi connectivity index (χ1) is 22.4. The van der Waals surface area contributed by atoms with Gasteiger partial charge >= 0.3 is 11.9 Å². The molecule has 0 bridgehead atoms. The number of hydrogen-bond donors (Lipinski definition) is 11. The fourth-order valence-corrected chi connectivity index (χ4v) is 4.56. The zero-order valence-corrected chi connectivity index (χ0v) is 27.2. The third-order valence-electron chi connectivity index (χ3n) is 7.33. The SMILES string of the molecule is CC(=O)N[C@H]1C(O)O[C@H](CO)[C@@H](O)[C@@H]1O[C@H](C)C(=O)N[C@@H](C)C(=O)N[C@H](CCC(=O)N[C@@H](CCCCN)C(=O)N[C@H](C)C(=O)O)C(=O)O. The number of unbranched alkanes of at least 4 members (excludes halogenated alkanes) is 1. The standard InChI is InChI=1S/C28H48N6O14/c1-12(30-24(40)14(3)47-22-20(32-15(4)36)28(46)48-18(11-35)21(22)38)23(39)34-17(27(44)45)8-9-19(37)33-16(7-5-6-10-29)25(41)31-13(2)26(42)43/h12-14,16-18,20-22,28,35,38,46H,5-11,29H2,1-4H3,(H,30,40)(H,31,41)(H,32,36)(H,33,37)(H,34,39)(H,42,43)(H,44,45)/t12-,13+,14+,16-,17+,18+,20+,21+,22+,28?/m0/s1.